The number of aromatic nitrogens is 3. The second kappa shape index (κ2) is 10.4. The molecule has 3 rings (SSSR count). The van der Waals surface area contributed by atoms with E-state index in [4.69, 9.17) is 18.4 Å². The van der Waals surface area contributed by atoms with Crippen LogP contribution in [0, 0.1) is 11.3 Å². The Morgan fingerprint density at radius 3 is 2.64 bits per heavy atom. The maximum Gasteiger partial charge on any atom is 0.278 e. The third kappa shape index (κ3) is 6.06. The third-order valence-corrected chi connectivity index (χ3v) is 4.90. The summed E-state index contributed by atoms with van der Waals surface area (Å²) >= 11 is 0.729. The maximum absolute atomic E-state index is 13.1. The average Bonchev–Trinajstić information content (AvgIpc) is 2.80. The molecule has 0 bridgehead atoms. The van der Waals surface area contributed by atoms with Gasteiger partial charge in [0.25, 0.3) is 11.5 Å². The summed E-state index contributed by atoms with van der Waals surface area (Å²) < 4.78 is 43.3. The molecule has 0 radical (unpaired) electrons. The summed E-state index contributed by atoms with van der Waals surface area (Å²) in [5, 5.41) is 8.95. The molecule has 0 atom stereocenters. The Morgan fingerprint density at radius 2 is 2.00 bits per heavy atom. The highest BCUT2D eigenvalue weighted by atomic mass is 32.2. The molecule has 33 heavy (non-hydrogen) atoms. The summed E-state index contributed by atoms with van der Waals surface area (Å²) in [6.07, 6.45) is 2.95. The van der Waals surface area contributed by atoms with Gasteiger partial charge in [0.05, 0.1) is 23.4 Å². The molecule has 0 aliphatic heterocycles. The fraction of sp³-hybridized carbons (Fsp3) is 0.273. The van der Waals surface area contributed by atoms with Gasteiger partial charge < -0.3 is 8.92 Å². The lowest BCUT2D eigenvalue weighted by molar-refractivity contribution is -0.0252. The van der Waals surface area contributed by atoms with Crippen molar-refractivity contribution >= 4 is 12.3 Å². The van der Waals surface area contributed by atoms with Gasteiger partial charge in [-0.05, 0) is 37.3 Å². The largest absolute Gasteiger partial charge is 0.472 e. The van der Waals surface area contributed by atoms with Crippen molar-refractivity contribution in [2.75, 3.05) is 13.2 Å². The Hall–Kier alpha value is -3.49. The van der Waals surface area contributed by atoms with E-state index in [1.54, 1.807) is 25.1 Å². The molecule has 0 saturated carbocycles. The zero-order valence-electron chi connectivity index (χ0n) is 18.0. The van der Waals surface area contributed by atoms with Gasteiger partial charge >= 0.3 is 0 Å². The number of nitriles is 1. The van der Waals surface area contributed by atoms with Gasteiger partial charge in [0.2, 0.25) is 12.3 Å². The first-order valence-electron chi connectivity index (χ1n) is 9.77. The van der Waals surface area contributed by atoms with Crippen LogP contribution in [0.1, 0.15) is 19.4 Å². The average molecular weight is 474 g/mol. The Balaban J connectivity index is 2.01. The number of pyridine rings is 3. The molecular weight excluding hydrogens is 454 g/mol. The summed E-state index contributed by atoms with van der Waals surface area (Å²) in [6, 6.07) is 9.79. The van der Waals surface area contributed by atoms with E-state index in [9.17, 15) is 13.6 Å². The first kappa shape index (κ1) is 24.2. The number of ether oxygens (including phenoxy) is 1. The van der Waals surface area contributed by atoms with Gasteiger partial charge in [-0.25, -0.2) is 8.78 Å². The molecule has 0 fully saturated rings. The fourth-order valence-electron chi connectivity index (χ4n) is 2.73. The Morgan fingerprint density at radius 1 is 1.21 bits per heavy atom. The van der Waals surface area contributed by atoms with Crippen LogP contribution in [0.5, 0.6) is 11.6 Å². The van der Waals surface area contributed by atoms with Crippen molar-refractivity contribution in [2.24, 2.45) is 7.05 Å². The molecule has 11 heteroatoms. The van der Waals surface area contributed by atoms with Crippen molar-refractivity contribution in [2.45, 2.75) is 19.8 Å². The third-order valence-electron chi connectivity index (χ3n) is 4.32. The minimum absolute atomic E-state index is 0.00478. The summed E-state index contributed by atoms with van der Waals surface area (Å²) in [5.74, 6) is -2.80. The van der Waals surface area contributed by atoms with Gasteiger partial charge in [-0.15, -0.1) is 0 Å². The summed E-state index contributed by atoms with van der Waals surface area (Å²) in [7, 11) is 1.42. The highest BCUT2D eigenvalue weighted by molar-refractivity contribution is 7.90. The Labute approximate surface area is 193 Å². The van der Waals surface area contributed by atoms with E-state index in [1.165, 1.54) is 31.6 Å². The number of nitrogens with zero attached hydrogens (tertiary/aromatic N) is 4. The zero-order valence-corrected chi connectivity index (χ0v) is 18.9. The Kier molecular flexibility index (Phi) is 7.63. The first-order chi connectivity index (χ1) is 15.7. The predicted octanol–water partition coefficient (Wildman–Crippen LogP) is 4.39. The minimum Gasteiger partial charge on any atom is -0.472 e. The van der Waals surface area contributed by atoms with Crippen LogP contribution in [0.4, 0.5) is 8.78 Å². The molecule has 0 spiro atoms. The zero-order chi connectivity index (χ0) is 24.0. The molecule has 0 aromatic carbocycles. The molecule has 0 N–H and O–H groups in total. The van der Waals surface area contributed by atoms with Crippen LogP contribution in [0.2, 0.25) is 0 Å². The molecule has 0 aliphatic rings. The number of halogens is 2. The standard InChI is InChI=1S/C22H20F2N4O4S/c1-4-31-33-32-18-9-15(17-7-5-14(10-25)11-26-17)12-27-20(18)16-6-8-19(28(3)21(16)29)30-13-22(2,23)24/h5-9,11-12H,4,13H2,1-3H3. The fourth-order valence-corrected chi connectivity index (χ4v) is 3.08. The number of hydrogen-bond acceptors (Lipinski definition) is 8. The predicted molar refractivity (Wildman–Crippen MR) is 119 cm³/mol. The van der Waals surface area contributed by atoms with E-state index in [0.29, 0.717) is 23.4 Å². The monoisotopic (exact) mass is 474 g/mol. The van der Waals surface area contributed by atoms with Crippen molar-refractivity contribution < 1.29 is 21.9 Å². The van der Waals surface area contributed by atoms with Gasteiger partial charge in [-0.1, -0.05) is 0 Å². The lowest BCUT2D eigenvalue weighted by Crippen LogP contribution is -2.26. The molecular formula is C22H20F2N4O4S. The number of alkyl halides is 2. The molecule has 3 aromatic rings. The van der Waals surface area contributed by atoms with Crippen molar-refractivity contribution in [3.8, 4) is 40.2 Å². The van der Waals surface area contributed by atoms with Crippen molar-refractivity contribution in [1.29, 1.82) is 5.26 Å². The van der Waals surface area contributed by atoms with Gasteiger partial charge in [-0.3, -0.25) is 23.5 Å². The van der Waals surface area contributed by atoms with E-state index in [1.807, 2.05) is 6.07 Å². The van der Waals surface area contributed by atoms with Crippen LogP contribution in [0.3, 0.4) is 0 Å². The molecule has 0 aliphatic carbocycles. The molecule has 8 nitrogen and oxygen atoms in total. The minimum atomic E-state index is -3.04. The van der Waals surface area contributed by atoms with Gasteiger partial charge in [0.1, 0.15) is 11.8 Å². The molecule has 0 saturated heterocycles. The van der Waals surface area contributed by atoms with Crippen LogP contribution < -0.4 is 14.5 Å². The van der Waals surface area contributed by atoms with Crippen LogP contribution in [0.25, 0.3) is 22.5 Å². The van der Waals surface area contributed by atoms with Crippen molar-refractivity contribution in [3.05, 3.63) is 58.6 Å². The first-order valence-corrected chi connectivity index (χ1v) is 10.4. The van der Waals surface area contributed by atoms with Crippen LogP contribution >= 0.6 is 12.3 Å². The maximum atomic E-state index is 13.1. The van der Waals surface area contributed by atoms with E-state index >= 15 is 0 Å². The van der Waals surface area contributed by atoms with Crippen LogP contribution in [-0.4, -0.2) is 33.7 Å². The molecule has 0 unspecified atom stereocenters. The SMILES string of the molecule is CCOSOc1cc(-c2ccc(C#N)cn2)cnc1-c1ccc(OCC(C)(F)F)n(C)c1=O. The normalized spacial score (nSPS) is 11.2. The summed E-state index contributed by atoms with van der Waals surface area (Å²) in [6.45, 7) is 2.05. The smallest absolute Gasteiger partial charge is 0.278 e. The lowest BCUT2D eigenvalue weighted by atomic mass is 10.1. The molecule has 3 heterocycles. The second-order valence-corrected chi connectivity index (χ2v) is 7.52. The quantitative estimate of drug-likeness (QED) is 0.333. The number of hydrogen-bond donors (Lipinski definition) is 0. The van der Waals surface area contributed by atoms with Gasteiger partial charge in [0, 0.05) is 31.9 Å². The Bertz CT molecular complexity index is 1220. The van der Waals surface area contributed by atoms with E-state index in [2.05, 4.69) is 9.97 Å². The van der Waals surface area contributed by atoms with Crippen LogP contribution in [-0.2, 0) is 11.2 Å². The molecule has 0 amide bonds. The van der Waals surface area contributed by atoms with E-state index in [0.717, 1.165) is 23.8 Å². The van der Waals surface area contributed by atoms with E-state index < -0.39 is 18.1 Å². The molecule has 172 valence electrons. The van der Waals surface area contributed by atoms with Crippen molar-refractivity contribution in [3.63, 3.8) is 0 Å². The summed E-state index contributed by atoms with van der Waals surface area (Å²) in [5.41, 5.74) is 1.47. The van der Waals surface area contributed by atoms with Crippen LogP contribution in [0.15, 0.2) is 47.5 Å². The summed E-state index contributed by atoms with van der Waals surface area (Å²) in [4.78, 5) is 21.6. The highest BCUT2D eigenvalue weighted by Crippen LogP contribution is 2.33. The van der Waals surface area contributed by atoms with Crippen molar-refractivity contribution in [1.82, 2.24) is 14.5 Å². The topological polar surface area (TPSA) is 99.3 Å². The molecule has 3 aromatic heterocycles. The second-order valence-electron chi connectivity index (χ2n) is 6.98. The van der Waals surface area contributed by atoms with E-state index in [-0.39, 0.29) is 22.9 Å². The number of rotatable bonds is 9. The van der Waals surface area contributed by atoms with Gasteiger partial charge in [-0.2, -0.15) is 5.26 Å². The lowest BCUT2D eigenvalue weighted by Gasteiger charge is -2.16. The highest BCUT2D eigenvalue weighted by Gasteiger charge is 2.23. The van der Waals surface area contributed by atoms with Gasteiger partial charge in [0.15, 0.2) is 18.2 Å².